The molecule has 234 valence electrons. The summed E-state index contributed by atoms with van der Waals surface area (Å²) in [6.07, 6.45) is 6.09. The highest BCUT2D eigenvalue weighted by atomic mass is 32.1. The van der Waals surface area contributed by atoms with Crippen molar-refractivity contribution in [1.82, 2.24) is 25.2 Å². The lowest BCUT2D eigenvalue weighted by atomic mass is 10.0. The topological polar surface area (TPSA) is 116 Å². The van der Waals surface area contributed by atoms with E-state index in [9.17, 15) is 14.0 Å². The van der Waals surface area contributed by atoms with Gasteiger partial charge in [0.25, 0.3) is 0 Å². The van der Waals surface area contributed by atoms with E-state index in [1.165, 1.54) is 12.1 Å². The largest absolute Gasteiger partial charge is 0.463 e. The molecular formula is C32H33F3N8OS. The number of pyridine rings is 1. The number of nitriles is 1. The van der Waals surface area contributed by atoms with Gasteiger partial charge in [0.1, 0.15) is 40.1 Å². The van der Waals surface area contributed by atoms with Crippen molar-refractivity contribution in [1.29, 1.82) is 5.26 Å². The van der Waals surface area contributed by atoms with Crippen molar-refractivity contribution in [2.45, 2.75) is 56.8 Å². The van der Waals surface area contributed by atoms with E-state index in [1.54, 1.807) is 6.20 Å². The summed E-state index contributed by atoms with van der Waals surface area (Å²) in [5.41, 5.74) is 6.37. The summed E-state index contributed by atoms with van der Waals surface area (Å²) in [6.45, 7) is 4.14. The summed E-state index contributed by atoms with van der Waals surface area (Å²) in [4.78, 5) is 18.4. The number of nitrogens with one attached hydrogen (secondary N) is 1. The minimum atomic E-state index is -0.721. The van der Waals surface area contributed by atoms with Crippen molar-refractivity contribution >= 4 is 43.1 Å². The summed E-state index contributed by atoms with van der Waals surface area (Å²) < 4.78 is 51.6. The molecule has 2 bridgehead atoms. The van der Waals surface area contributed by atoms with Crippen LogP contribution in [0.3, 0.4) is 0 Å². The summed E-state index contributed by atoms with van der Waals surface area (Å²) >= 11 is 0.955. The normalized spacial score (nSPS) is 23.1. The molecule has 3 saturated heterocycles. The van der Waals surface area contributed by atoms with Gasteiger partial charge in [-0.05, 0) is 50.7 Å². The number of piperazine rings is 1. The fourth-order valence-electron chi connectivity index (χ4n) is 7.26. The van der Waals surface area contributed by atoms with Crippen LogP contribution in [0.25, 0.3) is 32.2 Å². The second kappa shape index (κ2) is 11.0. The molecule has 6 heterocycles. The number of anilines is 2. The van der Waals surface area contributed by atoms with Gasteiger partial charge in [-0.25, -0.2) is 13.2 Å². The van der Waals surface area contributed by atoms with Gasteiger partial charge >= 0.3 is 6.01 Å². The number of fused-ring (bicyclic) bond motifs is 4. The lowest BCUT2D eigenvalue weighted by Gasteiger charge is -2.34. The first-order chi connectivity index (χ1) is 21.8. The number of nitrogen functional groups attached to an aromatic ring is 1. The Hall–Kier alpha value is -3.73. The number of ether oxygens (including phenoxy) is 1. The van der Waals surface area contributed by atoms with Crippen LogP contribution < -0.4 is 20.7 Å². The number of halogens is 3. The zero-order chi connectivity index (χ0) is 30.9. The Balaban J connectivity index is 1.19. The zero-order valence-electron chi connectivity index (χ0n) is 24.7. The third-order valence-electron chi connectivity index (χ3n) is 9.89. The standard InChI is InChI=1S/C32H33F3N8OS/c33-17-5-9-42(10-6-17)15-32(7-8-32)16-44-31-40-27-22(30(41-31)43-13-18-1-2-19(14-43)39-18)12-38-26(25(27)35)20-3-4-23(34)28-24(20)21(11-36)29(37)45-28/h3-4,12,17-19,39H,1-2,5-10,13-16,37H2. The summed E-state index contributed by atoms with van der Waals surface area (Å²) in [6, 6.07) is 5.44. The molecule has 8 rings (SSSR count). The molecule has 1 aliphatic carbocycles. The molecule has 3 aromatic heterocycles. The van der Waals surface area contributed by atoms with Crippen LogP contribution in [0.4, 0.5) is 24.0 Å². The summed E-state index contributed by atoms with van der Waals surface area (Å²) in [7, 11) is 0. The van der Waals surface area contributed by atoms with Gasteiger partial charge in [-0.15, -0.1) is 11.3 Å². The van der Waals surface area contributed by atoms with Crippen molar-refractivity contribution in [2.75, 3.05) is 50.0 Å². The second-order valence-electron chi connectivity index (χ2n) is 13.0. The Morgan fingerprint density at radius 3 is 2.58 bits per heavy atom. The third-order valence-corrected chi connectivity index (χ3v) is 10.9. The summed E-state index contributed by atoms with van der Waals surface area (Å²) in [5.74, 6) is -0.663. The first-order valence-electron chi connectivity index (χ1n) is 15.6. The average molecular weight is 635 g/mol. The number of nitrogens with two attached hydrogens (primary N) is 1. The quantitative estimate of drug-likeness (QED) is 0.284. The average Bonchev–Trinajstić information content (AvgIpc) is 3.60. The highest BCUT2D eigenvalue weighted by Crippen LogP contribution is 2.47. The van der Waals surface area contributed by atoms with Crippen LogP contribution in [0, 0.1) is 28.4 Å². The Morgan fingerprint density at radius 1 is 1.11 bits per heavy atom. The van der Waals surface area contributed by atoms with Gasteiger partial charge in [0, 0.05) is 67.4 Å². The smallest absolute Gasteiger partial charge is 0.319 e. The molecule has 1 saturated carbocycles. The molecule has 3 N–H and O–H groups in total. The lowest BCUT2D eigenvalue weighted by Crippen LogP contribution is -2.51. The third kappa shape index (κ3) is 5.13. The van der Waals surface area contributed by atoms with Crippen LogP contribution >= 0.6 is 11.3 Å². The fraction of sp³-hybridized carbons (Fsp3) is 0.500. The summed E-state index contributed by atoms with van der Waals surface area (Å²) in [5, 5.41) is 14.3. The van der Waals surface area contributed by atoms with Gasteiger partial charge in [0.05, 0.1) is 22.3 Å². The van der Waals surface area contributed by atoms with E-state index < -0.39 is 17.8 Å². The Bertz CT molecular complexity index is 1840. The monoisotopic (exact) mass is 634 g/mol. The maximum absolute atomic E-state index is 16.7. The van der Waals surface area contributed by atoms with E-state index in [0.717, 1.165) is 69.7 Å². The van der Waals surface area contributed by atoms with Crippen molar-refractivity contribution in [3.05, 3.63) is 35.5 Å². The molecule has 0 spiro atoms. The minimum Gasteiger partial charge on any atom is -0.463 e. The Morgan fingerprint density at radius 2 is 1.87 bits per heavy atom. The number of hydrogen-bond acceptors (Lipinski definition) is 10. The molecule has 45 heavy (non-hydrogen) atoms. The number of thiophene rings is 1. The van der Waals surface area contributed by atoms with Gasteiger partial charge < -0.3 is 25.6 Å². The van der Waals surface area contributed by atoms with Gasteiger partial charge in [-0.1, -0.05) is 0 Å². The fourth-order valence-corrected chi connectivity index (χ4v) is 8.21. The molecule has 13 heteroatoms. The number of piperidine rings is 1. The molecular weight excluding hydrogens is 601 g/mol. The number of nitrogens with zero attached hydrogens (tertiary/aromatic N) is 6. The van der Waals surface area contributed by atoms with Crippen LogP contribution in [0.2, 0.25) is 0 Å². The molecule has 4 aliphatic rings. The number of alkyl halides is 1. The Kier molecular flexibility index (Phi) is 7.00. The predicted molar refractivity (Wildman–Crippen MR) is 167 cm³/mol. The molecule has 9 nitrogen and oxygen atoms in total. The number of aromatic nitrogens is 3. The molecule has 4 fully saturated rings. The molecule has 2 atom stereocenters. The van der Waals surface area contributed by atoms with E-state index in [0.29, 0.717) is 42.7 Å². The molecule has 0 radical (unpaired) electrons. The van der Waals surface area contributed by atoms with E-state index >= 15 is 4.39 Å². The van der Waals surface area contributed by atoms with Crippen LogP contribution in [-0.4, -0.2) is 77.4 Å². The van der Waals surface area contributed by atoms with Crippen LogP contribution in [-0.2, 0) is 0 Å². The van der Waals surface area contributed by atoms with E-state index in [1.807, 2.05) is 6.07 Å². The predicted octanol–water partition coefficient (Wildman–Crippen LogP) is 5.17. The van der Waals surface area contributed by atoms with Crippen molar-refractivity contribution in [2.24, 2.45) is 5.41 Å². The lowest BCUT2D eigenvalue weighted by molar-refractivity contribution is 0.107. The molecule has 0 amide bonds. The highest BCUT2D eigenvalue weighted by Gasteiger charge is 2.45. The maximum Gasteiger partial charge on any atom is 0.319 e. The highest BCUT2D eigenvalue weighted by molar-refractivity contribution is 7.23. The second-order valence-corrected chi connectivity index (χ2v) is 14.1. The molecule has 1 aromatic carbocycles. The molecule has 4 aromatic rings. The number of hydrogen-bond donors (Lipinski definition) is 2. The minimum absolute atomic E-state index is 0.0484. The Labute approximate surface area is 262 Å². The van der Waals surface area contributed by atoms with Crippen molar-refractivity contribution < 1.29 is 17.9 Å². The molecule has 2 unspecified atom stereocenters. The van der Waals surface area contributed by atoms with Crippen LogP contribution in [0.15, 0.2) is 18.3 Å². The number of likely N-dealkylation sites (tertiary alicyclic amines) is 1. The van der Waals surface area contributed by atoms with Gasteiger partial charge in [-0.3, -0.25) is 4.98 Å². The van der Waals surface area contributed by atoms with Gasteiger partial charge in [-0.2, -0.15) is 15.2 Å². The molecule has 3 aliphatic heterocycles. The van der Waals surface area contributed by atoms with Crippen LogP contribution in [0.5, 0.6) is 6.01 Å². The van der Waals surface area contributed by atoms with Gasteiger partial charge in [0.15, 0.2) is 5.82 Å². The zero-order valence-corrected chi connectivity index (χ0v) is 25.5. The van der Waals surface area contributed by atoms with E-state index in [2.05, 4.69) is 25.1 Å². The van der Waals surface area contributed by atoms with E-state index in [4.69, 9.17) is 15.5 Å². The number of benzene rings is 1. The number of rotatable bonds is 7. The van der Waals surface area contributed by atoms with Crippen molar-refractivity contribution in [3.63, 3.8) is 0 Å². The van der Waals surface area contributed by atoms with E-state index in [-0.39, 0.29) is 48.9 Å². The first kappa shape index (κ1) is 28.7. The van der Waals surface area contributed by atoms with Crippen molar-refractivity contribution in [3.8, 4) is 23.3 Å². The first-order valence-corrected chi connectivity index (χ1v) is 16.4. The SMILES string of the molecule is N#Cc1c(N)sc2c(F)ccc(-c3ncc4c(N5CC6CCC(C5)N6)nc(OCC5(CN6CCC(F)CC6)CC5)nc4c3F)c12. The maximum atomic E-state index is 16.7. The van der Waals surface area contributed by atoms with Gasteiger partial charge in [0.2, 0.25) is 0 Å². The van der Waals surface area contributed by atoms with Crippen LogP contribution in [0.1, 0.15) is 44.1 Å².